The summed E-state index contributed by atoms with van der Waals surface area (Å²) >= 11 is 0. The molecule has 0 fully saturated rings. The van der Waals surface area contributed by atoms with Gasteiger partial charge in [0.1, 0.15) is 0 Å². The Bertz CT molecular complexity index is 929. The van der Waals surface area contributed by atoms with E-state index in [0.29, 0.717) is 36.0 Å². The minimum Gasteiger partial charge on any atom is -0.490 e. The first-order valence-electron chi connectivity index (χ1n) is 9.27. The van der Waals surface area contributed by atoms with Crippen LogP contribution < -0.4 is 20.1 Å². The number of ether oxygens (including phenoxy) is 2. The van der Waals surface area contributed by atoms with Gasteiger partial charge in [0.25, 0.3) is 0 Å². The molecule has 0 spiro atoms. The van der Waals surface area contributed by atoms with Gasteiger partial charge >= 0.3 is 0 Å². The van der Waals surface area contributed by atoms with Crippen LogP contribution in [0.25, 0.3) is 6.08 Å². The first-order valence-corrected chi connectivity index (χ1v) is 9.27. The van der Waals surface area contributed by atoms with E-state index in [-0.39, 0.29) is 18.4 Å². The van der Waals surface area contributed by atoms with E-state index in [0.717, 1.165) is 5.56 Å². The Labute approximate surface area is 170 Å². The molecule has 0 atom stereocenters. The number of nitrogens with one attached hydrogen (secondary N) is 2. The zero-order chi connectivity index (χ0) is 21.1. The fourth-order valence-electron chi connectivity index (χ4n) is 2.46. The van der Waals surface area contributed by atoms with Crippen LogP contribution in [0.3, 0.4) is 0 Å². The standard InChI is InChI=1S/C23H24N2O4/c1-4-17-8-7-9-19(14-17)25-23(27)16-24-22(26)13-11-18-10-12-20(28-5-2)21(15-18)29-6-3/h1,7-15H,5-6,16H2,2-3H3,(H,24,26)(H,25,27)/b13-11+. The van der Waals surface area contributed by atoms with Gasteiger partial charge < -0.3 is 20.1 Å². The van der Waals surface area contributed by atoms with E-state index in [4.69, 9.17) is 15.9 Å². The van der Waals surface area contributed by atoms with Crippen LogP contribution in [0.4, 0.5) is 5.69 Å². The van der Waals surface area contributed by atoms with Crippen molar-refractivity contribution < 1.29 is 19.1 Å². The minimum absolute atomic E-state index is 0.156. The lowest BCUT2D eigenvalue weighted by Gasteiger charge is -2.11. The van der Waals surface area contributed by atoms with E-state index in [1.807, 2.05) is 19.9 Å². The highest BCUT2D eigenvalue weighted by atomic mass is 16.5. The first-order chi connectivity index (χ1) is 14.0. The first kappa shape index (κ1) is 21.6. The van der Waals surface area contributed by atoms with Crippen LogP contribution in [0.15, 0.2) is 48.5 Å². The van der Waals surface area contributed by atoms with E-state index < -0.39 is 0 Å². The molecule has 2 amide bonds. The average molecular weight is 392 g/mol. The van der Waals surface area contributed by atoms with Crippen molar-refractivity contribution in [3.05, 3.63) is 59.7 Å². The zero-order valence-electron chi connectivity index (χ0n) is 16.5. The maximum absolute atomic E-state index is 12.0. The molecule has 0 saturated carbocycles. The summed E-state index contributed by atoms with van der Waals surface area (Å²) in [6.45, 7) is 4.67. The van der Waals surface area contributed by atoms with Crippen LogP contribution in [0, 0.1) is 12.3 Å². The third-order valence-corrected chi connectivity index (χ3v) is 3.73. The molecule has 2 aromatic carbocycles. The number of hydrogen-bond acceptors (Lipinski definition) is 4. The van der Waals surface area contributed by atoms with Gasteiger partial charge in [-0.15, -0.1) is 6.42 Å². The molecule has 2 aromatic rings. The predicted molar refractivity (Wildman–Crippen MR) is 114 cm³/mol. The summed E-state index contributed by atoms with van der Waals surface area (Å²) in [5.74, 6) is 3.04. The highest BCUT2D eigenvalue weighted by molar-refractivity contribution is 5.98. The van der Waals surface area contributed by atoms with Crippen molar-refractivity contribution in [2.45, 2.75) is 13.8 Å². The molecule has 2 rings (SSSR count). The molecule has 6 heteroatoms. The van der Waals surface area contributed by atoms with Gasteiger partial charge in [0, 0.05) is 17.3 Å². The average Bonchev–Trinajstić information content (AvgIpc) is 2.73. The van der Waals surface area contributed by atoms with Crippen molar-refractivity contribution in [3.63, 3.8) is 0 Å². The Morgan fingerprint density at radius 3 is 2.55 bits per heavy atom. The molecule has 0 saturated heterocycles. The molecule has 0 aliphatic rings. The van der Waals surface area contributed by atoms with E-state index >= 15 is 0 Å². The third kappa shape index (κ3) is 7.07. The van der Waals surface area contributed by atoms with E-state index in [9.17, 15) is 9.59 Å². The SMILES string of the molecule is C#Cc1cccc(NC(=O)CNC(=O)/C=C/c2ccc(OCC)c(OCC)c2)c1. The molecular formula is C23H24N2O4. The van der Waals surface area contributed by atoms with Crippen molar-refractivity contribution in [3.8, 4) is 23.8 Å². The van der Waals surface area contributed by atoms with Crippen molar-refractivity contribution in [2.75, 3.05) is 25.1 Å². The van der Waals surface area contributed by atoms with Crippen molar-refractivity contribution in [1.29, 1.82) is 0 Å². The second-order valence-corrected chi connectivity index (χ2v) is 5.90. The van der Waals surface area contributed by atoms with Crippen molar-refractivity contribution in [1.82, 2.24) is 5.32 Å². The van der Waals surface area contributed by atoms with Gasteiger partial charge in [0.15, 0.2) is 11.5 Å². The fourth-order valence-corrected chi connectivity index (χ4v) is 2.46. The van der Waals surface area contributed by atoms with Crippen molar-refractivity contribution >= 4 is 23.6 Å². The summed E-state index contributed by atoms with van der Waals surface area (Å²) in [4.78, 5) is 24.0. The smallest absolute Gasteiger partial charge is 0.244 e. The summed E-state index contributed by atoms with van der Waals surface area (Å²) in [6, 6.07) is 12.3. The van der Waals surface area contributed by atoms with Crippen LogP contribution in [-0.4, -0.2) is 31.6 Å². The molecule has 0 aromatic heterocycles. The van der Waals surface area contributed by atoms with E-state index in [2.05, 4.69) is 16.6 Å². The fraction of sp³-hybridized carbons (Fsp3) is 0.217. The third-order valence-electron chi connectivity index (χ3n) is 3.73. The van der Waals surface area contributed by atoms with Gasteiger partial charge in [-0.1, -0.05) is 18.1 Å². The lowest BCUT2D eigenvalue weighted by atomic mass is 10.2. The van der Waals surface area contributed by atoms with Gasteiger partial charge in [0.05, 0.1) is 19.8 Å². The van der Waals surface area contributed by atoms with Gasteiger partial charge in [-0.2, -0.15) is 0 Å². The number of carbonyl (C=O) groups is 2. The van der Waals surface area contributed by atoms with Crippen LogP contribution in [0.1, 0.15) is 25.0 Å². The number of terminal acetylenes is 1. The monoisotopic (exact) mass is 392 g/mol. The number of anilines is 1. The number of amides is 2. The maximum Gasteiger partial charge on any atom is 0.244 e. The van der Waals surface area contributed by atoms with Gasteiger partial charge in [-0.3, -0.25) is 9.59 Å². The number of carbonyl (C=O) groups excluding carboxylic acids is 2. The van der Waals surface area contributed by atoms with E-state index in [1.165, 1.54) is 6.08 Å². The lowest BCUT2D eigenvalue weighted by molar-refractivity contribution is -0.121. The number of hydrogen-bond donors (Lipinski definition) is 2. The maximum atomic E-state index is 12.0. The quantitative estimate of drug-likeness (QED) is 0.507. The number of benzene rings is 2. The van der Waals surface area contributed by atoms with Crippen molar-refractivity contribution in [2.24, 2.45) is 0 Å². The molecule has 29 heavy (non-hydrogen) atoms. The highest BCUT2D eigenvalue weighted by Crippen LogP contribution is 2.28. The zero-order valence-corrected chi connectivity index (χ0v) is 16.5. The minimum atomic E-state index is -0.385. The summed E-state index contributed by atoms with van der Waals surface area (Å²) < 4.78 is 11.1. The Morgan fingerprint density at radius 2 is 1.83 bits per heavy atom. The number of rotatable bonds is 9. The molecule has 0 heterocycles. The summed E-state index contributed by atoms with van der Waals surface area (Å²) in [5.41, 5.74) is 2.02. The predicted octanol–water partition coefficient (Wildman–Crippen LogP) is 3.23. The van der Waals surface area contributed by atoms with Crippen LogP contribution in [0.5, 0.6) is 11.5 Å². The second-order valence-electron chi connectivity index (χ2n) is 5.90. The van der Waals surface area contributed by atoms with Crippen LogP contribution in [0.2, 0.25) is 0 Å². The Morgan fingerprint density at radius 1 is 1.07 bits per heavy atom. The Hall–Kier alpha value is -3.72. The largest absolute Gasteiger partial charge is 0.490 e. The van der Waals surface area contributed by atoms with Gasteiger partial charge in [0.2, 0.25) is 11.8 Å². The van der Waals surface area contributed by atoms with Crippen LogP contribution in [-0.2, 0) is 9.59 Å². The van der Waals surface area contributed by atoms with Gasteiger partial charge in [-0.05, 0) is 55.8 Å². The molecule has 0 bridgehead atoms. The Kier molecular flexibility index (Phi) is 8.33. The molecule has 6 nitrogen and oxygen atoms in total. The van der Waals surface area contributed by atoms with Crippen LogP contribution >= 0.6 is 0 Å². The molecular weight excluding hydrogens is 368 g/mol. The molecule has 150 valence electrons. The Balaban J connectivity index is 1.89. The molecule has 2 N–H and O–H groups in total. The summed E-state index contributed by atoms with van der Waals surface area (Å²) in [7, 11) is 0. The molecule has 0 unspecified atom stereocenters. The van der Waals surface area contributed by atoms with E-state index in [1.54, 1.807) is 42.5 Å². The lowest BCUT2D eigenvalue weighted by Crippen LogP contribution is -2.31. The second kappa shape index (κ2) is 11.2. The molecule has 0 aliphatic carbocycles. The highest BCUT2D eigenvalue weighted by Gasteiger charge is 2.06. The summed E-state index contributed by atoms with van der Waals surface area (Å²) in [6.07, 6.45) is 8.34. The summed E-state index contributed by atoms with van der Waals surface area (Å²) in [5, 5.41) is 5.22. The molecule has 0 aliphatic heterocycles. The van der Waals surface area contributed by atoms with Gasteiger partial charge in [-0.25, -0.2) is 0 Å². The molecule has 0 radical (unpaired) electrons. The normalized spacial score (nSPS) is 10.2. The topological polar surface area (TPSA) is 76.7 Å².